The Balaban J connectivity index is 1.87. The van der Waals surface area contributed by atoms with E-state index in [1.165, 1.54) is 0 Å². The monoisotopic (exact) mass is 439 g/mol. The number of anilines is 3. The second-order valence-corrected chi connectivity index (χ2v) is 8.18. The van der Waals surface area contributed by atoms with Crippen LogP contribution < -0.4 is 14.7 Å². The molecule has 1 heterocycles. The van der Waals surface area contributed by atoms with Crippen LogP contribution >= 0.6 is 0 Å². The number of barbiturate groups is 1. The van der Waals surface area contributed by atoms with Crippen molar-refractivity contribution in [3.8, 4) is 0 Å². The molecule has 6 nitrogen and oxygen atoms in total. The van der Waals surface area contributed by atoms with Crippen molar-refractivity contribution in [3.05, 3.63) is 95.1 Å². The van der Waals surface area contributed by atoms with E-state index in [4.69, 9.17) is 0 Å². The Bertz CT molecular complexity index is 1210. The first-order valence-corrected chi connectivity index (χ1v) is 10.6. The van der Waals surface area contributed by atoms with Crippen LogP contribution in [0.5, 0.6) is 0 Å². The van der Waals surface area contributed by atoms with Crippen molar-refractivity contribution in [2.45, 2.75) is 13.8 Å². The number of aryl methyl sites for hydroxylation is 2. The number of nitrogens with zero attached hydrogens (tertiary/aromatic N) is 3. The summed E-state index contributed by atoms with van der Waals surface area (Å²) in [5.74, 6) is -1.28. The normalized spacial score (nSPS) is 14.1. The second-order valence-electron chi connectivity index (χ2n) is 8.18. The first-order valence-electron chi connectivity index (χ1n) is 10.6. The summed E-state index contributed by atoms with van der Waals surface area (Å²) in [6.07, 6.45) is 1.55. The molecule has 1 aliphatic heterocycles. The van der Waals surface area contributed by atoms with Crippen molar-refractivity contribution in [1.29, 1.82) is 0 Å². The van der Waals surface area contributed by atoms with Gasteiger partial charge in [0.25, 0.3) is 11.8 Å². The third-order valence-electron chi connectivity index (χ3n) is 5.68. The molecular formula is C27H25N3O3. The van der Waals surface area contributed by atoms with Crippen LogP contribution in [0.4, 0.5) is 21.9 Å². The number of hydrogen-bond donors (Lipinski definition) is 0. The molecule has 0 aromatic heterocycles. The second kappa shape index (κ2) is 8.74. The molecule has 0 atom stereocenters. The third-order valence-corrected chi connectivity index (χ3v) is 5.68. The standard InChI is InChI=1S/C27H25N3O3/c1-18-9-5-7-11-23(18)29-25(31)22(17-20-13-15-21(16-14-20)28(3)4)26(32)30(27(29)33)24-12-8-6-10-19(24)2/h5-17H,1-4H3. The Morgan fingerprint density at radius 3 is 1.55 bits per heavy atom. The molecule has 6 heteroatoms. The number of rotatable bonds is 4. The Morgan fingerprint density at radius 2 is 1.12 bits per heavy atom. The summed E-state index contributed by atoms with van der Waals surface area (Å²) in [6.45, 7) is 3.65. The lowest BCUT2D eigenvalue weighted by molar-refractivity contribution is -0.121. The van der Waals surface area contributed by atoms with Crippen molar-refractivity contribution in [3.63, 3.8) is 0 Å². The summed E-state index contributed by atoms with van der Waals surface area (Å²) in [4.78, 5) is 44.7. The number of imide groups is 2. The van der Waals surface area contributed by atoms with Gasteiger partial charge in [-0.15, -0.1) is 0 Å². The number of urea groups is 1. The molecule has 4 rings (SSSR count). The molecule has 0 aliphatic carbocycles. The van der Waals surface area contributed by atoms with Gasteiger partial charge in [0.05, 0.1) is 11.4 Å². The van der Waals surface area contributed by atoms with E-state index in [0.717, 1.165) is 26.6 Å². The van der Waals surface area contributed by atoms with E-state index in [1.807, 2.05) is 81.4 Å². The Kier molecular flexibility index (Phi) is 5.84. The van der Waals surface area contributed by atoms with Gasteiger partial charge in [-0.25, -0.2) is 14.6 Å². The molecule has 3 aromatic rings. The molecule has 33 heavy (non-hydrogen) atoms. The van der Waals surface area contributed by atoms with E-state index in [2.05, 4.69) is 0 Å². The third kappa shape index (κ3) is 4.03. The van der Waals surface area contributed by atoms with Gasteiger partial charge in [-0.2, -0.15) is 0 Å². The smallest absolute Gasteiger partial charge is 0.343 e. The first-order chi connectivity index (χ1) is 15.8. The predicted molar refractivity (Wildman–Crippen MR) is 131 cm³/mol. The Labute approximate surface area is 193 Å². The zero-order valence-electron chi connectivity index (χ0n) is 19.1. The van der Waals surface area contributed by atoms with E-state index < -0.39 is 17.8 Å². The van der Waals surface area contributed by atoms with Gasteiger partial charge in [0.1, 0.15) is 5.57 Å². The highest BCUT2D eigenvalue weighted by Gasteiger charge is 2.44. The largest absolute Gasteiger partial charge is 0.378 e. The molecule has 1 aliphatic rings. The van der Waals surface area contributed by atoms with Crippen molar-refractivity contribution in [2.75, 3.05) is 28.8 Å². The van der Waals surface area contributed by atoms with E-state index >= 15 is 0 Å². The number of para-hydroxylation sites is 2. The number of benzene rings is 3. The molecule has 0 radical (unpaired) electrons. The van der Waals surface area contributed by atoms with Crippen LogP contribution in [0.3, 0.4) is 0 Å². The van der Waals surface area contributed by atoms with Crippen LogP contribution in [0, 0.1) is 13.8 Å². The topological polar surface area (TPSA) is 60.9 Å². The lowest BCUT2D eigenvalue weighted by atomic mass is 10.0. The summed E-state index contributed by atoms with van der Waals surface area (Å²) in [6, 6.07) is 21.1. The average Bonchev–Trinajstić information content (AvgIpc) is 2.79. The van der Waals surface area contributed by atoms with Gasteiger partial charge >= 0.3 is 6.03 Å². The quantitative estimate of drug-likeness (QED) is 0.426. The molecule has 1 fully saturated rings. The van der Waals surface area contributed by atoms with Gasteiger partial charge in [0.15, 0.2) is 0 Å². The molecular weight excluding hydrogens is 414 g/mol. The molecule has 0 N–H and O–H groups in total. The molecule has 0 spiro atoms. The first kappa shape index (κ1) is 22.0. The molecule has 3 aromatic carbocycles. The number of carbonyl (C=O) groups excluding carboxylic acids is 3. The summed E-state index contributed by atoms with van der Waals surface area (Å²) in [5, 5.41) is 0. The number of amides is 4. The minimum Gasteiger partial charge on any atom is -0.378 e. The highest BCUT2D eigenvalue weighted by atomic mass is 16.2. The van der Waals surface area contributed by atoms with Crippen LogP contribution in [-0.2, 0) is 9.59 Å². The Morgan fingerprint density at radius 1 is 0.667 bits per heavy atom. The maximum atomic E-state index is 13.5. The molecule has 4 amide bonds. The predicted octanol–water partition coefficient (Wildman–Crippen LogP) is 4.95. The van der Waals surface area contributed by atoms with E-state index in [9.17, 15) is 14.4 Å². The van der Waals surface area contributed by atoms with Gasteiger partial charge in [0, 0.05) is 19.8 Å². The van der Waals surface area contributed by atoms with Gasteiger partial charge in [-0.3, -0.25) is 9.59 Å². The van der Waals surface area contributed by atoms with E-state index in [0.29, 0.717) is 16.9 Å². The average molecular weight is 440 g/mol. The van der Waals surface area contributed by atoms with Crippen LogP contribution in [-0.4, -0.2) is 31.9 Å². The van der Waals surface area contributed by atoms with Crippen molar-refractivity contribution < 1.29 is 14.4 Å². The summed E-state index contributed by atoms with van der Waals surface area (Å²) in [5.41, 5.74) is 4.04. The van der Waals surface area contributed by atoms with Gasteiger partial charge in [-0.05, 0) is 60.9 Å². The van der Waals surface area contributed by atoms with Gasteiger partial charge in [-0.1, -0.05) is 48.5 Å². The maximum absolute atomic E-state index is 13.5. The van der Waals surface area contributed by atoms with Crippen molar-refractivity contribution >= 4 is 41.0 Å². The van der Waals surface area contributed by atoms with Crippen molar-refractivity contribution in [2.24, 2.45) is 0 Å². The number of hydrogen-bond acceptors (Lipinski definition) is 4. The van der Waals surface area contributed by atoms with Crippen LogP contribution in [0.1, 0.15) is 16.7 Å². The summed E-state index contributed by atoms with van der Waals surface area (Å²) < 4.78 is 0. The van der Waals surface area contributed by atoms with E-state index in [1.54, 1.807) is 30.3 Å². The SMILES string of the molecule is Cc1ccccc1N1C(=O)C(=Cc2ccc(N(C)C)cc2)C(=O)N(c2ccccc2C)C1=O. The lowest BCUT2D eigenvalue weighted by Crippen LogP contribution is -2.57. The highest BCUT2D eigenvalue weighted by Crippen LogP contribution is 2.32. The van der Waals surface area contributed by atoms with E-state index in [-0.39, 0.29) is 5.57 Å². The minimum absolute atomic E-state index is 0.0706. The fourth-order valence-electron chi connectivity index (χ4n) is 3.82. The molecule has 166 valence electrons. The highest BCUT2D eigenvalue weighted by molar-refractivity contribution is 6.46. The molecule has 1 saturated heterocycles. The Hall–Kier alpha value is -4.19. The van der Waals surface area contributed by atoms with Gasteiger partial charge in [0.2, 0.25) is 0 Å². The van der Waals surface area contributed by atoms with Crippen LogP contribution in [0.15, 0.2) is 78.4 Å². The van der Waals surface area contributed by atoms with Crippen LogP contribution in [0.25, 0.3) is 6.08 Å². The zero-order chi connectivity index (χ0) is 23.7. The lowest BCUT2D eigenvalue weighted by Gasteiger charge is -2.35. The summed E-state index contributed by atoms with van der Waals surface area (Å²) in [7, 11) is 3.88. The fraction of sp³-hybridized carbons (Fsp3) is 0.148. The maximum Gasteiger partial charge on any atom is 0.343 e. The fourth-order valence-corrected chi connectivity index (χ4v) is 3.82. The summed E-state index contributed by atoms with van der Waals surface area (Å²) >= 11 is 0. The number of carbonyl (C=O) groups is 3. The molecule has 0 bridgehead atoms. The molecule has 0 saturated carbocycles. The molecule has 0 unspecified atom stereocenters. The minimum atomic E-state index is -0.686. The zero-order valence-corrected chi connectivity index (χ0v) is 19.1. The van der Waals surface area contributed by atoms with Gasteiger partial charge < -0.3 is 4.90 Å². The van der Waals surface area contributed by atoms with Crippen molar-refractivity contribution in [1.82, 2.24) is 0 Å². The van der Waals surface area contributed by atoms with Crippen LogP contribution in [0.2, 0.25) is 0 Å².